The molecule has 0 saturated carbocycles. The normalized spacial score (nSPS) is 14.1. The fourth-order valence-corrected chi connectivity index (χ4v) is 3.58. The summed E-state index contributed by atoms with van der Waals surface area (Å²) in [6.07, 6.45) is -1.58. The Bertz CT molecular complexity index is 791. The standard InChI is InChI=1S/C17H18ClNO4S/c1-12-7-9-14(10-8-12)24(22,23)19-16(17(21)15(20)11-18)13-5-3-2-4-6-13/h2-10,16-17,19,21H,11H2,1H3/t16-,17?/m0/s1. The summed E-state index contributed by atoms with van der Waals surface area (Å²) >= 11 is 5.50. The van der Waals surface area contributed by atoms with E-state index >= 15 is 0 Å². The Balaban J connectivity index is 2.37. The lowest BCUT2D eigenvalue weighted by Gasteiger charge is -2.23. The van der Waals surface area contributed by atoms with E-state index in [1.807, 2.05) is 6.92 Å². The van der Waals surface area contributed by atoms with Gasteiger partial charge in [0.2, 0.25) is 10.0 Å². The highest BCUT2D eigenvalue weighted by molar-refractivity contribution is 7.89. The quantitative estimate of drug-likeness (QED) is 0.735. The summed E-state index contributed by atoms with van der Waals surface area (Å²) in [5.41, 5.74) is 1.39. The maximum absolute atomic E-state index is 12.6. The number of hydrogen-bond acceptors (Lipinski definition) is 4. The van der Waals surface area contributed by atoms with Crippen LogP contribution in [-0.2, 0) is 14.8 Å². The number of nitrogens with one attached hydrogen (secondary N) is 1. The lowest BCUT2D eigenvalue weighted by molar-refractivity contribution is -0.125. The van der Waals surface area contributed by atoms with E-state index in [2.05, 4.69) is 4.72 Å². The fourth-order valence-electron chi connectivity index (χ4n) is 2.19. The molecule has 2 N–H and O–H groups in total. The van der Waals surface area contributed by atoms with Gasteiger partial charge in [-0.25, -0.2) is 13.1 Å². The van der Waals surface area contributed by atoms with Crippen LogP contribution >= 0.6 is 11.6 Å². The first kappa shape index (κ1) is 18.6. The second-order valence-electron chi connectivity index (χ2n) is 5.37. The number of benzene rings is 2. The minimum atomic E-state index is -3.92. The number of Topliss-reactive ketones (excluding diaryl/α,β-unsaturated/α-hetero) is 1. The highest BCUT2D eigenvalue weighted by atomic mass is 35.5. The molecule has 0 amide bonds. The molecule has 0 saturated heterocycles. The van der Waals surface area contributed by atoms with E-state index in [-0.39, 0.29) is 4.90 Å². The van der Waals surface area contributed by atoms with E-state index in [1.54, 1.807) is 42.5 Å². The van der Waals surface area contributed by atoms with Gasteiger partial charge in [0.05, 0.1) is 16.8 Å². The van der Waals surface area contributed by atoms with E-state index in [9.17, 15) is 18.3 Å². The van der Waals surface area contributed by atoms with Crippen molar-refractivity contribution in [1.82, 2.24) is 4.72 Å². The van der Waals surface area contributed by atoms with Gasteiger partial charge < -0.3 is 5.11 Å². The van der Waals surface area contributed by atoms with E-state index in [4.69, 9.17) is 11.6 Å². The Morgan fingerprint density at radius 2 is 1.71 bits per heavy atom. The maximum Gasteiger partial charge on any atom is 0.241 e. The number of rotatable bonds is 7. The van der Waals surface area contributed by atoms with Gasteiger partial charge in [0.1, 0.15) is 6.10 Å². The van der Waals surface area contributed by atoms with E-state index in [0.29, 0.717) is 5.56 Å². The molecule has 0 bridgehead atoms. The van der Waals surface area contributed by atoms with Crippen LogP contribution in [0.1, 0.15) is 17.2 Å². The van der Waals surface area contributed by atoms with Crippen molar-refractivity contribution in [3.63, 3.8) is 0 Å². The number of ketones is 1. The number of hydrogen-bond donors (Lipinski definition) is 2. The van der Waals surface area contributed by atoms with Crippen LogP contribution in [0, 0.1) is 6.92 Å². The number of sulfonamides is 1. The Kier molecular flexibility index (Phi) is 6.12. The van der Waals surface area contributed by atoms with Crippen molar-refractivity contribution in [3.05, 3.63) is 65.7 Å². The number of aliphatic hydroxyl groups excluding tert-OH is 1. The molecule has 5 nitrogen and oxygen atoms in total. The summed E-state index contributed by atoms with van der Waals surface area (Å²) in [5, 5.41) is 10.2. The Morgan fingerprint density at radius 3 is 2.25 bits per heavy atom. The van der Waals surface area contributed by atoms with Gasteiger partial charge in [-0.3, -0.25) is 4.79 Å². The van der Waals surface area contributed by atoms with Crippen LogP contribution in [0.15, 0.2) is 59.5 Å². The van der Waals surface area contributed by atoms with Crippen LogP contribution in [0.25, 0.3) is 0 Å². The molecular formula is C17H18ClNO4S. The highest BCUT2D eigenvalue weighted by Gasteiger charge is 2.31. The first-order valence-corrected chi connectivity index (χ1v) is 9.27. The molecule has 2 aromatic rings. The zero-order chi connectivity index (χ0) is 17.7. The highest BCUT2D eigenvalue weighted by Crippen LogP contribution is 2.22. The minimum Gasteiger partial charge on any atom is -0.383 e. The third-order valence-electron chi connectivity index (χ3n) is 3.55. The number of carbonyl (C=O) groups is 1. The SMILES string of the molecule is Cc1ccc(S(=O)(=O)N[C@@H](c2ccccc2)C(O)C(=O)CCl)cc1. The number of alkyl halides is 1. The molecule has 2 aromatic carbocycles. The van der Waals surface area contributed by atoms with Crippen LogP contribution < -0.4 is 4.72 Å². The van der Waals surface area contributed by atoms with Crippen molar-refractivity contribution in [1.29, 1.82) is 0 Å². The smallest absolute Gasteiger partial charge is 0.241 e. The molecule has 0 radical (unpaired) electrons. The first-order valence-electron chi connectivity index (χ1n) is 7.26. The molecular weight excluding hydrogens is 350 g/mol. The van der Waals surface area contributed by atoms with Crippen LogP contribution in [-0.4, -0.2) is 31.3 Å². The van der Waals surface area contributed by atoms with E-state index < -0.39 is 33.8 Å². The first-order chi connectivity index (χ1) is 11.3. The van der Waals surface area contributed by atoms with Gasteiger partial charge in [-0.05, 0) is 24.6 Å². The lowest BCUT2D eigenvalue weighted by Crippen LogP contribution is -2.40. The molecule has 2 atom stereocenters. The minimum absolute atomic E-state index is 0.0551. The Labute approximate surface area is 146 Å². The van der Waals surface area contributed by atoms with Crippen LogP contribution in [0.4, 0.5) is 0 Å². The predicted molar refractivity (Wildman–Crippen MR) is 92.4 cm³/mol. The fraction of sp³-hybridized carbons (Fsp3) is 0.235. The van der Waals surface area contributed by atoms with Crippen molar-refractivity contribution >= 4 is 27.4 Å². The molecule has 7 heteroatoms. The molecule has 0 aliphatic heterocycles. The summed E-state index contributed by atoms with van der Waals surface area (Å²) in [5.74, 6) is -1.06. The van der Waals surface area contributed by atoms with Crippen LogP contribution in [0.5, 0.6) is 0 Å². The average Bonchev–Trinajstić information content (AvgIpc) is 2.59. The summed E-state index contributed by atoms with van der Waals surface area (Å²) in [6.45, 7) is 1.85. The summed E-state index contributed by atoms with van der Waals surface area (Å²) in [6, 6.07) is 13.6. The lowest BCUT2D eigenvalue weighted by atomic mass is 10.0. The number of aryl methyl sites for hydroxylation is 1. The van der Waals surface area contributed by atoms with Gasteiger partial charge in [0.25, 0.3) is 0 Å². The van der Waals surface area contributed by atoms with Crippen LogP contribution in [0.2, 0.25) is 0 Å². The van der Waals surface area contributed by atoms with Gasteiger partial charge in [-0.2, -0.15) is 0 Å². The molecule has 2 rings (SSSR count). The zero-order valence-electron chi connectivity index (χ0n) is 13.0. The molecule has 0 heterocycles. The van der Waals surface area contributed by atoms with Gasteiger partial charge in [-0.1, -0.05) is 48.0 Å². The van der Waals surface area contributed by atoms with E-state index in [1.165, 1.54) is 12.1 Å². The van der Waals surface area contributed by atoms with Crippen LogP contribution in [0.3, 0.4) is 0 Å². The number of carbonyl (C=O) groups excluding carboxylic acids is 1. The summed E-state index contributed by atoms with van der Waals surface area (Å²) in [7, 11) is -3.92. The monoisotopic (exact) mass is 367 g/mol. The van der Waals surface area contributed by atoms with Gasteiger partial charge in [0, 0.05) is 0 Å². The molecule has 0 aromatic heterocycles. The molecule has 128 valence electrons. The van der Waals surface area contributed by atoms with E-state index in [0.717, 1.165) is 5.56 Å². The van der Waals surface area contributed by atoms with Gasteiger partial charge >= 0.3 is 0 Å². The third kappa shape index (κ3) is 4.42. The second kappa shape index (κ2) is 7.90. The van der Waals surface area contributed by atoms with Gasteiger partial charge in [-0.15, -0.1) is 11.6 Å². The Morgan fingerprint density at radius 1 is 1.12 bits per heavy atom. The number of aliphatic hydroxyl groups is 1. The van der Waals surface area contributed by atoms with Crippen molar-refractivity contribution in [3.8, 4) is 0 Å². The second-order valence-corrected chi connectivity index (χ2v) is 7.35. The molecule has 0 aliphatic carbocycles. The average molecular weight is 368 g/mol. The molecule has 0 aliphatic rings. The van der Waals surface area contributed by atoms with Crippen molar-refractivity contribution in [2.75, 3.05) is 5.88 Å². The zero-order valence-corrected chi connectivity index (χ0v) is 14.6. The largest absolute Gasteiger partial charge is 0.383 e. The summed E-state index contributed by atoms with van der Waals surface area (Å²) < 4.78 is 27.6. The maximum atomic E-state index is 12.6. The summed E-state index contributed by atoms with van der Waals surface area (Å²) in [4.78, 5) is 11.8. The number of halogens is 1. The van der Waals surface area contributed by atoms with Gasteiger partial charge in [0.15, 0.2) is 5.78 Å². The predicted octanol–water partition coefficient (Wildman–Crippen LogP) is 2.18. The molecule has 0 fully saturated rings. The van der Waals surface area contributed by atoms with Crippen molar-refractivity contribution in [2.24, 2.45) is 0 Å². The third-order valence-corrected chi connectivity index (χ3v) is 5.27. The topological polar surface area (TPSA) is 83.5 Å². The molecule has 0 spiro atoms. The molecule has 1 unspecified atom stereocenters. The van der Waals surface area contributed by atoms with Crippen molar-refractivity contribution in [2.45, 2.75) is 24.0 Å². The Hall–Kier alpha value is -1.73. The van der Waals surface area contributed by atoms with Crippen molar-refractivity contribution < 1.29 is 18.3 Å². The molecule has 24 heavy (non-hydrogen) atoms.